The molecular weight excluding hydrogens is 256 g/mol. The summed E-state index contributed by atoms with van der Waals surface area (Å²) < 4.78 is 2.63. The summed E-state index contributed by atoms with van der Waals surface area (Å²) in [4.78, 5) is 12.3. The Hall–Kier alpha value is -2.38. The zero-order valence-corrected chi connectivity index (χ0v) is 11.1. The SMILES string of the molecule is Cc1cc(-n2sc3ccccc3c2=O)ccc1C#N. The first-order valence-electron chi connectivity index (χ1n) is 5.83. The van der Waals surface area contributed by atoms with Gasteiger partial charge < -0.3 is 0 Å². The molecule has 1 aromatic heterocycles. The van der Waals surface area contributed by atoms with Gasteiger partial charge in [0.15, 0.2) is 0 Å². The van der Waals surface area contributed by atoms with Gasteiger partial charge in [-0.05, 0) is 42.8 Å². The molecule has 0 unspecified atom stereocenters. The molecule has 0 N–H and O–H groups in total. The molecule has 2 aromatic carbocycles. The first-order chi connectivity index (χ1) is 9.20. The van der Waals surface area contributed by atoms with Gasteiger partial charge in [0, 0.05) is 0 Å². The molecule has 0 saturated heterocycles. The highest BCUT2D eigenvalue weighted by atomic mass is 32.1. The second-order valence-corrected chi connectivity index (χ2v) is 5.29. The van der Waals surface area contributed by atoms with Gasteiger partial charge >= 0.3 is 0 Å². The fourth-order valence-corrected chi connectivity index (χ4v) is 3.03. The molecule has 0 radical (unpaired) electrons. The third kappa shape index (κ3) is 1.85. The van der Waals surface area contributed by atoms with Crippen molar-refractivity contribution in [1.29, 1.82) is 5.26 Å². The van der Waals surface area contributed by atoms with Crippen LogP contribution < -0.4 is 5.56 Å². The van der Waals surface area contributed by atoms with E-state index in [9.17, 15) is 4.79 Å². The molecule has 3 nitrogen and oxygen atoms in total. The maximum atomic E-state index is 12.3. The van der Waals surface area contributed by atoms with Crippen LogP contribution in [0, 0.1) is 18.3 Å². The Kier molecular flexibility index (Phi) is 2.69. The number of aryl methyl sites for hydroxylation is 1. The van der Waals surface area contributed by atoms with E-state index in [1.165, 1.54) is 11.5 Å². The predicted molar refractivity (Wildman–Crippen MR) is 76.9 cm³/mol. The smallest absolute Gasteiger partial charge is 0.267 e. The van der Waals surface area contributed by atoms with Gasteiger partial charge in [-0.25, -0.2) is 3.96 Å². The summed E-state index contributed by atoms with van der Waals surface area (Å²) in [6.07, 6.45) is 0. The number of fused-ring (bicyclic) bond motifs is 1. The fraction of sp³-hybridized carbons (Fsp3) is 0.0667. The third-order valence-electron chi connectivity index (χ3n) is 3.06. The van der Waals surface area contributed by atoms with Crippen molar-refractivity contribution in [3.8, 4) is 11.8 Å². The zero-order valence-electron chi connectivity index (χ0n) is 10.3. The summed E-state index contributed by atoms with van der Waals surface area (Å²) in [5, 5.41) is 9.66. The Morgan fingerprint density at radius 2 is 2.00 bits per heavy atom. The monoisotopic (exact) mass is 266 g/mol. The first kappa shape index (κ1) is 11.7. The number of rotatable bonds is 1. The molecule has 92 valence electrons. The Morgan fingerprint density at radius 1 is 1.21 bits per heavy atom. The molecule has 0 aliphatic rings. The normalized spacial score (nSPS) is 10.5. The predicted octanol–water partition coefficient (Wildman–Crippen LogP) is 3.23. The number of hydrogen-bond acceptors (Lipinski definition) is 3. The van der Waals surface area contributed by atoms with Gasteiger partial charge in [-0.15, -0.1) is 0 Å². The molecule has 3 rings (SSSR count). The van der Waals surface area contributed by atoms with Crippen molar-refractivity contribution in [2.24, 2.45) is 0 Å². The Morgan fingerprint density at radius 3 is 2.68 bits per heavy atom. The maximum Gasteiger partial charge on any atom is 0.273 e. The van der Waals surface area contributed by atoms with Crippen molar-refractivity contribution in [3.63, 3.8) is 0 Å². The minimum absolute atomic E-state index is 0.00953. The van der Waals surface area contributed by atoms with Crippen molar-refractivity contribution in [3.05, 3.63) is 63.9 Å². The van der Waals surface area contributed by atoms with E-state index in [1.807, 2.05) is 43.3 Å². The largest absolute Gasteiger partial charge is 0.273 e. The highest BCUT2D eigenvalue weighted by Crippen LogP contribution is 2.21. The molecule has 3 aromatic rings. The van der Waals surface area contributed by atoms with Crippen LogP contribution in [0.25, 0.3) is 15.8 Å². The number of benzene rings is 2. The summed E-state index contributed by atoms with van der Waals surface area (Å²) >= 11 is 1.42. The van der Waals surface area contributed by atoms with Gasteiger partial charge in [0.05, 0.1) is 27.4 Å². The lowest BCUT2D eigenvalue weighted by Gasteiger charge is -2.02. The standard InChI is InChI=1S/C15H10N2OS/c1-10-8-12(7-6-11(10)9-16)17-15(18)13-4-2-3-5-14(13)19-17/h2-8H,1H3. The van der Waals surface area contributed by atoms with Gasteiger partial charge in [-0.3, -0.25) is 4.79 Å². The van der Waals surface area contributed by atoms with Crippen molar-refractivity contribution in [2.45, 2.75) is 6.92 Å². The molecule has 1 heterocycles. The second-order valence-electron chi connectivity index (χ2n) is 4.30. The number of nitriles is 1. The van der Waals surface area contributed by atoms with Gasteiger partial charge in [-0.2, -0.15) is 5.26 Å². The molecule has 0 fully saturated rings. The lowest BCUT2D eigenvalue weighted by atomic mass is 10.1. The number of hydrogen-bond donors (Lipinski definition) is 0. The molecule has 0 spiro atoms. The summed E-state index contributed by atoms with van der Waals surface area (Å²) in [5.41, 5.74) is 2.31. The van der Waals surface area contributed by atoms with Crippen molar-refractivity contribution >= 4 is 21.6 Å². The van der Waals surface area contributed by atoms with Crippen LogP contribution in [0.1, 0.15) is 11.1 Å². The van der Waals surface area contributed by atoms with Crippen LogP contribution in [0.4, 0.5) is 0 Å². The molecule has 0 aliphatic carbocycles. The van der Waals surface area contributed by atoms with Crippen LogP contribution in [-0.4, -0.2) is 3.96 Å². The highest BCUT2D eigenvalue weighted by Gasteiger charge is 2.09. The van der Waals surface area contributed by atoms with E-state index in [4.69, 9.17) is 5.26 Å². The lowest BCUT2D eigenvalue weighted by Crippen LogP contribution is -2.10. The summed E-state index contributed by atoms with van der Waals surface area (Å²) in [7, 11) is 0. The maximum absolute atomic E-state index is 12.3. The van der Waals surface area contributed by atoms with E-state index in [0.717, 1.165) is 21.3 Å². The van der Waals surface area contributed by atoms with Gasteiger partial charge in [0.1, 0.15) is 0 Å². The second kappa shape index (κ2) is 4.38. The fourth-order valence-electron chi connectivity index (χ4n) is 2.04. The van der Waals surface area contributed by atoms with Gasteiger partial charge in [0.25, 0.3) is 5.56 Å². The molecule has 0 atom stereocenters. The highest BCUT2D eigenvalue weighted by molar-refractivity contribution is 7.14. The van der Waals surface area contributed by atoms with Crippen LogP contribution in [0.3, 0.4) is 0 Å². The van der Waals surface area contributed by atoms with Crippen molar-refractivity contribution in [2.75, 3.05) is 0 Å². The van der Waals surface area contributed by atoms with Crippen LogP contribution in [0.15, 0.2) is 47.3 Å². The average molecular weight is 266 g/mol. The minimum Gasteiger partial charge on any atom is -0.267 e. The Balaban J connectivity index is 2.25. The molecule has 0 saturated carbocycles. The lowest BCUT2D eigenvalue weighted by molar-refractivity contribution is 1.13. The molecular formula is C15H10N2OS. The summed E-state index contributed by atoms with van der Waals surface area (Å²) in [5.74, 6) is 0. The Labute approximate surface area is 114 Å². The molecule has 4 heteroatoms. The molecule has 0 amide bonds. The zero-order chi connectivity index (χ0) is 13.4. The quantitative estimate of drug-likeness (QED) is 0.678. The minimum atomic E-state index is -0.00953. The van der Waals surface area contributed by atoms with E-state index < -0.39 is 0 Å². The van der Waals surface area contributed by atoms with Crippen molar-refractivity contribution < 1.29 is 0 Å². The van der Waals surface area contributed by atoms with Crippen LogP contribution in [0.5, 0.6) is 0 Å². The van der Waals surface area contributed by atoms with E-state index in [-0.39, 0.29) is 5.56 Å². The van der Waals surface area contributed by atoms with Crippen molar-refractivity contribution in [1.82, 2.24) is 3.96 Å². The van der Waals surface area contributed by atoms with Gasteiger partial charge in [-0.1, -0.05) is 23.7 Å². The van der Waals surface area contributed by atoms with E-state index in [1.54, 1.807) is 10.0 Å². The van der Waals surface area contributed by atoms with Crippen LogP contribution in [-0.2, 0) is 0 Å². The molecule has 0 aliphatic heterocycles. The summed E-state index contributed by atoms with van der Waals surface area (Å²) in [6, 6.07) is 15.1. The molecule has 0 bridgehead atoms. The summed E-state index contributed by atoms with van der Waals surface area (Å²) in [6.45, 7) is 1.88. The van der Waals surface area contributed by atoms with E-state index in [0.29, 0.717) is 5.56 Å². The first-order valence-corrected chi connectivity index (χ1v) is 6.60. The number of aromatic nitrogens is 1. The Bertz CT molecular complexity index is 868. The van der Waals surface area contributed by atoms with E-state index >= 15 is 0 Å². The van der Waals surface area contributed by atoms with E-state index in [2.05, 4.69) is 6.07 Å². The topological polar surface area (TPSA) is 45.8 Å². The molecule has 19 heavy (non-hydrogen) atoms. The number of nitrogens with zero attached hydrogens (tertiary/aromatic N) is 2. The third-order valence-corrected chi connectivity index (χ3v) is 4.17. The van der Waals surface area contributed by atoms with Crippen LogP contribution >= 0.6 is 11.5 Å². The average Bonchev–Trinajstić information content (AvgIpc) is 2.77. The van der Waals surface area contributed by atoms with Gasteiger partial charge in [0.2, 0.25) is 0 Å². The van der Waals surface area contributed by atoms with Crippen LogP contribution in [0.2, 0.25) is 0 Å².